The van der Waals surface area contributed by atoms with Gasteiger partial charge in [0.2, 0.25) is 10.0 Å². The molecule has 0 aromatic heterocycles. The molecule has 16 heavy (non-hydrogen) atoms. The standard InChI is InChI=1S/C7H7I2N3O3S/c8-4-1-3(16(11,14)15)2-5(9)6(4)12-7(10)13/h1-2H,(H3,10,12,13)(H2,11,14,15). The predicted molar refractivity (Wildman–Crippen MR) is 76.5 cm³/mol. The SMILES string of the molecule is NC(=O)Nc1c(I)cc(S(N)(=O)=O)cc1I. The second kappa shape index (κ2) is 5.01. The number of benzene rings is 1. The van der Waals surface area contributed by atoms with Gasteiger partial charge in [0, 0.05) is 7.14 Å². The van der Waals surface area contributed by atoms with Gasteiger partial charge in [-0.05, 0) is 57.3 Å². The summed E-state index contributed by atoms with van der Waals surface area (Å²) in [7, 11) is -3.75. The summed E-state index contributed by atoms with van der Waals surface area (Å²) in [6.07, 6.45) is 0. The molecule has 0 bridgehead atoms. The van der Waals surface area contributed by atoms with E-state index in [-0.39, 0.29) is 4.90 Å². The van der Waals surface area contributed by atoms with Crippen LogP contribution in [0.4, 0.5) is 10.5 Å². The highest BCUT2D eigenvalue weighted by Crippen LogP contribution is 2.27. The van der Waals surface area contributed by atoms with Gasteiger partial charge in [-0.1, -0.05) is 0 Å². The first kappa shape index (κ1) is 13.9. The molecule has 0 aliphatic carbocycles. The molecule has 0 saturated heterocycles. The number of carbonyl (C=O) groups is 1. The van der Waals surface area contributed by atoms with Crippen LogP contribution in [0.15, 0.2) is 17.0 Å². The second-order valence-corrected chi connectivity index (χ2v) is 6.68. The largest absolute Gasteiger partial charge is 0.351 e. The van der Waals surface area contributed by atoms with Gasteiger partial charge < -0.3 is 11.1 Å². The van der Waals surface area contributed by atoms with E-state index in [2.05, 4.69) is 5.32 Å². The van der Waals surface area contributed by atoms with Crippen LogP contribution in [0, 0.1) is 7.14 Å². The lowest BCUT2D eigenvalue weighted by molar-refractivity contribution is 0.259. The molecule has 1 rings (SSSR count). The Kier molecular flexibility index (Phi) is 4.36. The average Bonchev–Trinajstić information content (AvgIpc) is 2.09. The van der Waals surface area contributed by atoms with Crippen LogP contribution in [0.5, 0.6) is 0 Å². The van der Waals surface area contributed by atoms with Crippen LogP contribution in [-0.2, 0) is 10.0 Å². The van der Waals surface area contributed by atoms with Gasteiger partial charge in [-0.3, -0.25) is 0 Å². The van der Waals surface area contributed by atoms with Crippen molar-refractivity contribution in [2.24, 2.45) is 10.9 Å². The molecule has 1 aromatic rings. The van der Waals surface area contributed by atoms with Crippen molar-refractivity contribution in [3.8, 4) is 0 Å². The number of nitrogens with one attached hydrogen (secondary N) is 1. The summed E-state index contributed by atoms with van der Waals surface area (Å²) in [6, 6.07) is 2.02. The summed E-state index contributed by atoms with van der Waals surface area (Å²) in [6.45, 7) is 0. The maximum atomic E-state index is 11.1. The van der Waals surface area contributed by atoms with E-state index in [1.165, 1.54) is 12.1 Å². The van der Waals surface area contributed by atoms with E-state index in [0.29, 0.717) is 12.8 Å². The van der Waals surface area contributed by atoms with Gasteiger partial charge in [-0.2, -0.15) is 0 Å². The molecule has 0 aliphatic rings. The lowest BCUT2D eigenvalue weighted by atomic mass is 10.3. The fourth-order valence-corrected chi connectivity index (χ4v) is 3.98. The van der Waals surface area contributed by atoms with Crippen LogP contribution >= 0.6 is 45.2 Å². The summed E-state index contributed by atoms with van der Waals surface area (Å²) in [4.78, 5) is 10.7. The average molecular weight is 467 g/mol. The molecule has 1 aromatic carbocycles. The molecule has 0 heterocycles. The number of anilines is 1. The van der Waals surface area contributed by atoms with E-state index >= 15 is 0 Å². The fraction of sp³-hybridized carbons (Fsp3) is 0. The van der Waals surface area contributed by atoms with Crippen LogP contribution in [0.2, 0.25) is 0 Å². The minimum Gasteiger partial charge on any atom is -0.351 e. The smallest absolute Gasteiger partial charge is 0.316 e. The Morgan fingerprint density at radius 1 is 1.25 bits per heavy atom. The van der Waals surface area contributed by atoms with E-state index in [1.54, 1.807) is 0 Å². The van der Waals surface area contributed by atoms with Gasteiger partial charge in [0.15, 0.2) is 0 Å². The third-order valence-corrected chi connectivity index (χ3v) is 4.19. The molecule has 9 heteroatoms. The molecule has 0 atom stereocenters. The van der Waals surface area contributed by atoms with Crippen LogP contribution in [-0.4, -0.2) is 14.4 Å². The Balaban J connectivity index is 3.34. The summed E-state index contributed by atoms with van der Waals surface area (Å²) in [5.41, 5.74) is 5.46. The molecular formula is C7H7I2N3O3S. The first-order chi connectivity index (χ1) is 7.21. The number of amides is 2. The summed E-state index contributed by atoms with van der Waals surface area (Å²) >= 11 is 3.78. The van der Waals surface area contributed by atoms with E-state index in [1.807, 2.05) is 45.2 Å². The highest BCUT2D eigenvalue weighted by Gasteiger charge is 2.14. The Labute approximate surface area is 119 Å². The minimum absolute atomic E-state index is 0.00341. The van der Waals surface area contributed by atoms with Crippen LogP contribution < -0.4 is 16.2 Å². The van der Waals surface area contributed by atoms with Crippen molar-refractivity contribution in [1.29, 1.82) is 0 Å². The van der Waals surface area contributed by atoms with Gasteiger partial charge in [-0.25, -0.2) is 18.4 Å². The topological polar surface area (TPSA) is 115 Å². The zero-order valence-electron chi connectivity index (χ0n) is 7.70. The van der Waals surface area contributed by atoms with E-state index in [0.717, 1.165) is 0 Å². The van der Waals surface area contributed by atoms with Gasteiger partial charge in [0.25, 0.3) is 0 Å². The van der Waals surface area contributed by atoms with Gasteiger partial charge in [0.05, 0.1) is 10.6 Å². The number of hydrogen-bond donors (Lipinski definition) is 3. The molecule has 0 unspecified atom stereocenters. The minimum atomic E-state index is -3.75. The van der Waals surface area contributed by atoms with Crippen LogP contribution in [0.3, 0.4) is 0 Å². The molecular weight excluding hydrogens is 460 g/mol. The van der Waals surface area contributed by atoms with E-state index in [4.69, 9.17) is 10.9 Å². The van der Waals surface area contributed by atoms with Crippen molar-refractivity contribution < 1.29 is 13.2 Å². The van der Waals surface area contributed by atoms with Crippen molar-refractivity contribution in [2.45, 2.75) is 4.90 Å². The van der Waals surface area contributed by atoms with Gasteiger partial charge >= 0.3 is 6.03 Å². The summed E-state index contributed by atoms with van der Waals surface area (Å²) < 4.78 is 23.4. The normalized spacial score (nSPS) is 11.2. The highest BCUT2D eigenvalue weighted by atomic mass is 127. The molecule has 0 radical (unpaired) electrons. The maximum absolute atomic E-state index is 11.1. The third-order valence-electron chi connectivity index (χ3n) is 1.59. The molecule has 88 valence electrons. The van der Waals surface area contributed by atoms with Crippen molar-refractivity contribution in [3.63, 3.8) is 0 Å². The summed E-state index contributed by atoms with van der Waals surface area (Å²) in [5.74, 6) is 0. The Morgan fingerprint density at radius 2 is 1.69 bits per heavy atom. The first-order valence-electron chi connectivity index (χ1n) is 3.80. The van der Waals surface area contributed by atoms with E-state index in [9.17, 15) is 13.2 Å². The molecule has 6 nitrogen and oxygen atoms in total. The number of rotatable bonds is 2. The number of urea groups is 1. The molecule has 0 saturated carbocycles. The number of primary amides is 1. The summed E-state index contributed by atoms with van der Waals surface area (Å²) in [5, 5.41) is 7.41. The number of halogens is 2. The fourth-order valence-electron chi connectivity index (χ4n) is 0.957. The zero-order chi connectivity index (χ0) is 12.5. The third kappa shape index (κ3) is 3.43. The second-order valence-electron chi connectivity index (χ2n) is 2.80. The quantitative estimate of drug-likeness (QED) is 0.565. The number of nitrogens with two attached hydrogens (primary N) is 2. The maximum Gasteiger partial charge on any atom is 0.316 e. The molecule has 2 amide bonds. The van der Waals surface area contributed by atoms with Crippen molar-refractivity contribution >= 4 is 66.9 Å². The number of primary sulfonamides is 1. The number of sulfonamides is 1. The van der Waals surface area contributed by atoms with Crippen molar-refractivity contribution in [1.82, 2.24) is 0 Å². The Bertz CT molecular complexity index is 521. The van der Waals surface area contributed by atoms with Gasteiger partial charge in [0.1, 0.15) is 0 Å². The van der Waals surface area contributed by atoms with Crippen LogP contribution in [0.25, 0.3) is 0 Å². The number of carbonyl (C=O) groups excluding carboxylic acids is 1. The molecule has 0 aliphatic heterocycles. The Morgan fingerprint density at radius 3 is 2.00 bits per heavy atom. The number of hydrogen-bond acceptors (Lipinski definition) is 3. The lowest BCUT2D eigenvalue weighted by Gasteiger charge is -2.09. The zero-order valence-corrected chi connectivity index (χ0v) is 12.8. The highest BCUT2D eigenvalue weighted by molar-refractivity contribution is 14.1. The van der Waals surface area contributed by atoms with Crippen molar-refractivity contribution in [3.05, 3.63) is 19.3 Å². The molecule has 5 N–H and O–H groups in total. The van der Waals surface area contributed by atoms with Crippen molar-refractivity contribution in [2.75, 3.05) is 5.32 Å². The predicted octanol–water partition coefficient (Wildman–Crippen LogP) is 1.03. The van der Waals surface area contributed by atoms with E-state index < -0.39 is 16.1 Å². The van der Waals surface area contributed by atoms with Crippen LogP contribution in [0.1, 0.15) is 0 Å². The lowest BCUT2D eigenvalue weighted by Crippen LogP contribution is -2.21. The first-order valence-corrected chi connectivity index (χ1v) is 7.50. The Hall–Kier alpha value is -0.140. The van der Waals surface area contributed by atoms with Gasteiger partial charge in [-0.15, -0.1) is 0 Å². The molecule has 0 fully saturated rings. The monoisotopic (exact) mass is 467 g/mol. The molecule has 0 spiro atoms.